The molecule has 1 saturated carbocycles. The van der Waals surface area contributed by atoms with Crippen LogP contribution < -0.4 is 0 Å². The summed E-state index contributed by atoms with van der Waals surface area (Å²) < 4.78 is 16.5. The van der Waals surface area contributed by atoms with Crippen LogP contribution in [0.3, 0.4) is 0 Å². The summed E-state index contributed by atoms with van der Waals surface area (Å²) in [6.07, 6.45) is 3.45. The minimum Gasteiger partial charge on any atom is -0.469 e. The molecule has 0 amide bonds. The molecule has 1 saturated heterocycles. The second kappa shape index (κ2) is 4.58. The zero-order chi connectivity index (χ0) is 12.5. The molecule has 2 rings (SSSR count). The van der Waals surface area contributed by atoms with Crippen molar-refractivity contribution in [3.8, 4) is 0 Å². The smallest absolute Gasteiger partial charge is 0.306 e. The molecular weight excluding hydrogens is 220 g/mol. The van der Waals surface area contributed by atoms with Crippen molar-refractivity contribution in [2.45, 2.75) is 45.3 Å². The molecule has 1 heterocycles. The lowest BCUT2D eigenvalue weighted by Crippen LogP contribution is -2.50. The Kier molecular flexibility index (Phi) is 3.46. The Labute approximate surface area is 103 Å². The minimum atomic E-state index is -0.546. The van der Waals surface area contributed by atoms with Crippen LogP contribution in [0.1, 0.15) is 39.5 Å². The highest BCUT2D eigenvalue weighted by molar-refractivity contribution is 5.69. The average molecular weight is 242 g/mol. The van der Waals surface area contributed by atoms with E-state index < -0.39 is 5.79 Å². The van der Waals surface area contributed by atoms with Crippen LogP contribution in [0.25, 0.3) is 0 Å². The highest BCUT2D eigenvalue weighted by Gasteiger charge is 2.53. The molecule has 0 aromatic rings. The number of esters is 1. The predicted octanol–water partition coefficient (Wildman–Crippen LogP) is 2.12. The van der Waals surface area contributed by atoms with E-state index in [1.807, 2.05) is 0 Å². The maximum atomic E-state index is 11.6. The molecule has 1 unspecified atom stereocenters. The summed E-state index contributed by atoms with van der Waals surface area (Å²) in [6, 6.07) is 0. The number of ether oxygens (including phenoxy) is 3. The topological polar surface area (TPSA) is 44.8 Å². The quantitative estimate of drug-likeness (QED) is 0.696. The molecule has 1 aliphatic carbocycles. The van der Waals surface area contributed by atoms with Crippen molar-refractivity contribution in [1.82, 2.24) is 0 Å². The largest absolute Gasteiger partial charge is 0.469 e. The van der Waals surface area contributed by atoms with Gasteiger partial charge in [-0.05, 0) is 18.3 Å². The Bertz CT molecular complexity index is 292. The van der Waals surface area contributed by atoms with Crippen molar-refractivity contribution < 1.29 is 19.0 Å². The molecule has 98 valence electrons. The van der Waals surface area contributed by atoms with Crippen molar-refractivity contribution in [3.63, 3.8) is 0 Å². The molecule has 0 radical (unpaired) electrons. The maximum absolute atomic E-state index is 11.6. The van der Waals surface area contributed by atoms with Crippen molar-refractivity contribution in [3.05, 3.63) is 0 Å². The third-order valence-electron chi connectivity index (χ3n) is 4.20. The maximum Gasteiger partial charge on any atom is 0.306 e. The van der Waals surface area contributed by atoms with E-state index >= 15 is 0 Å². The fourth-order valence-electron chi connectivity index (χ4n) is 3.23. The first kappa shape index (κ1) is 12.8. The van der Waals surface area contributed by atoms with E-state index in [0.717, 1.165) is 19.3 Å². The van der Waals surface area contributed by atoms with Crippen LogP contribution in [0, 0.1) is 11.3 Å². The normalized spacial score (nSPS) is 30.4. The molecule has 1 aliphatic heterocycles. The minimum absolute atomic E-state index is 0.0524. The molecule has 0 aromatic carbocycles. The first-order valence-electron chi connectivity index (χ1n) is 6.35. The average Bonchev–Trinajstić information content (AvgIpc) is 2.72. The molecular formula is C13H22O4. The Morgan fingerprint density at radius 1 is 1.29 bits per heavy atom. The predicted molar refractivity (Wildman–Crippen MR) is 62.4 cm³/mol. The van der Waals surface area contributed by atoms with Crippen LogP contribution >= 0.6 is 0 Å². The zero-order valence-corrected chi connectivity index (χ0v) is 11.0. The van der Waals surface area contributed by atoms with Crippen molar-refractivity contribution in [2.24, 2.45) is 11.3 Å². The third-order valence-corrected chi connectivity index (χ3v) is 4.20. The Morgan fingerprint density at radius 3 is 2.53 bits per heavy atom. The van der Waals surface area contributed by atoms with E-state index in [-0.39, 0.29) is 17.3 Å². The van der Waals surface area contributed by atoms with Crippen molar-refractivity contribution in [2.75, 3.05) is 20.3 Å². The molecule has 4 heteroatoms. The number of carbonyl (C=O) groups excluding carboxylic acids is 1. The number of carbonyl (C=O) groups is 1. The standard InChI is InChI=1S/C13H22O4/c1-12(2)5-4-6-13(16-7-8-17-13)10(12)9-11(14)15-3/h10H,4-9H2,1-3H3. The highest BCUT2D eigenvalue weighted by atomic mass is 16.7. The molecule has 2 aliphatic rings. The molecule has 0 bridgehead atoms. The van der Waals surface area contributed by atoms with Gasteiger partial charge in [-0.25, -0.2) is 0 Å². The van der Waals surface area contributed by atoms with Gasteiger partial charge in [-0.3, -0.25) is 4.79 Å². The molecule has 4 nitrogen and oxygen atoms in total. The lowest BCUT2D eigenvalue weighted by molar-refractivity contribution is -0.243. The first-order valence-corrected chi connectivity index (χ1v) is 6.35. The van der Waals surface area contributed by atoms with E-state index in [1.165, 1.54) is 7.11 Å². The number of rotatable bonds is 2. The monoisotopic (exact) mass is 242 g/mol. The summed E-state index contributed by atoms with van der Waals surface area (Å²) in [4.78, 5) is 11.6. The van der Waals surface area contributed by atoms with E-state index in [2.05, 4.69) is 13.8 Å². The molecule has 17 heavy (non-hydrogen) atoms. The van der Waals surface area contributed by atoms with Gasteiger partial charge in [0.05, 0.1) is 26.7 Å². The summed E-state index contributed by atoms with van der Waals surface area (Å²) in [6.45, 7) is 5.64. The molecule has 0 N–H and O–H groups in total. The Hall–Kier alpha value is -0.610. The van der Waals surface area contributed by atoms with Gasteiger partial charge in [-0.15, -0.1) is 0 Å². The zero-order valence-electron chi connectivity index (χ0n) is 11.0. The van der Waals surface area contributed by atoms with Gasteiger partial charge in [0.25, 0.3) is 0 Å². The van der Waals surface area contributed by atoms with Gasteiger partial charge in [0, 0.05) is 12.3 Å². The van der Waals surface area contributed by atoms with E-state index in [1.54, 1.807) is 0 Å². The van der Waals surface area contributed by atoms with Crippen molar-refractivity contribution in [1.29, 1.82) is 0 Å². The number of hydrogen-bond donors (Lipinski definition) is 0. The molecule has 2 fully saturated rings. The number of methoxy groups -OCH3 is 1. The Balaban J connectivity index is 2.21. The second-order valence-electron chi connectivity index (χ2n) is 5.68. The lowest BCUT2D eigenvalue weighted by Gasteiger charge is -2.48. The SMILES string of the molecule is COC(=O)CC1C(C)(C)CCCC12OCCO2. The van der Waals surface area contributed by atoms with Gasteiger partial charge in [-0.2, -0.15) is 0 Å². The van der Waals surface area contributed by atoms with Crippen LogP contribution in [-0.4, -0.2) is 32.1 Å². The van der Waals surface area contributed by atoms with E-state index in [4.69, 9.17) is 14.2 Å². The van der Waals surface area contributed by atoms with Crippen molar-refractivity contribution >= 4 is 5.97 Å². The fourth-order valence-corrected chi connectivity index (χ4v) is 3.23. The number of hydrogen-bond acceptors (Lipinski definition) is 4. The third kappa shape index (κ3) is 2.33. The second-order valence-corrected chi connectivity index (χ2v) is 5.68. The highest BCUT2D eigenvalue weighted by Crippen LogP contribution is 2.51. The van der Waals surface area contributed by atoms with Crippen LogP contribution in [0.5, 0.6) is 0 Å². The Morgan fingerprint density at radius 2 is 1.94 bits per heavy atom. The summed E-state index contributed by atoms with van der Waals surface area (Å²) in [7, 11) is 1.43. The summed E-state index contributed by atoms with van der Waals surface area (Å²) in [5.74, 6) is -0.641. The lowest BCUT2D eigenvalue weighted by atomic mass is 9.64. The fraction of sp³-hybridized carbons (Fsp3) is 0.923. The molecule has 1 spiro atoms. The van der Waals surface area contributed by atoms with Gasteiger partial charge in [0.15, 0.2) is 5.79 Å². The van der Waals surface area contributed by atoms with Gasteiger partial charge in [-0.1, -0.05) is 13.8 Å². The van der Waals surface area contributed by atoms with Gasteiger partial charge < -0.3 is 14.2 Å². The summed E-state index contributed by atoms with van der Waals surface area (Å²) in [5, 5.41) is 0. The summed E-state index contributed by atoms with van der Waals surface area (Å²) >= 11 is 0. The molecule has 1 atom stereocenters. The first-order chi connectivity index (χ1) is 8.00. The van der Waals surface area contributed by atoms with Crippen LogP contribution in [0.15, 0.2) is 0 Å². The van der Waals surface area contributed by atoms with Gasteiger partial charge in [0.2, 0.25) is 0 Å². The van der Waals surface area contributed by atoms with Gasteiger partial charge >= 0.3 is 5.97 Å². The van der Waals surface area contributed by atoms with E-state index in [9.17, 15) is 4.79 Å². The summed E-state index contributed by atoms with van der Waals surface area (Å²) in [5.41, 5.74) is 0.0524. The van der Waals surface area contributed by atoms with E-state index in [0.29, 0.717) is 19.6 Å². The van der Waals surface area contributed by atoms with Gasteiger partial charge in [0.1, 0.15) is 0 Å². The van der Waals surface area contributed by atoms with Crippen LogP contribution in [-0.2, 0) is 19.0 Å². The molecule has 0 aromatic heterocycles. The van der Waals surface area contributed by atoms with Crippen LogP contribution in [0.2, 0.25) is 0 Å². The van der Waals surface area contributed by atoms with Crippen LogP contribution in [0.4, 0.5) is 0 Å².